The Morgan fingerprint density at radius 1 is 1.42 bits per heavy atom. The number of hydrogen-bond donors (Lipinski definition) is 2. The molecule has 2 aromatic rings. The third-order valence-electron chi connectivity index (χ3n) is 2.28. The van der Waals surface area contributed by atoms with Gasteiger partial charge in [-0.15, -0.1) is 0 Å². The lowest BCUT2D eigenvalue weighted by Crippen LogP contribution is -2.10. The SMILES string of the molecule is CCOCc1nc(N)cc(NCCc2ncno2)n1. The highest BCUT2D eigenvalue weighted by Crippen LogP contribution is 2.09. The van der Waals surface area contributed by atoms with Crippen LogP contribution in [0.15, 0.2) is 16.9 Å². The van der Waals surface area contributed by atoms with E-state index in [1.807, 2.05) is 6.92 Å². The molecule has 0 radical (unpaired) electrons. The number of anilines is 2. The summed E-state index contributed by atoms with van der Waals surface area (Å²) in [7, 11) is 0. The van der Waals surface area contributed by atoms with Crippen molar-refractivity contribution in [2.75, 3.05) is 24.2 Å². The minimum atomic E-state index is 0.347. The average molecular weight is 264 g/mol. The molecule has 3 N–H and O–H groups in total. The first-order valence-corrected chi connectivity index (χ1v) is 5.98. The first-order chi connectivity index (χ1) is 9.28. The van der Waals surface area contributed by atoms with Crippen LogP contribution < -0.4 is 11.1 Å². The molecule has 8 heteroatoms. The van der Waals surface area contributed by atoms with Crippen molar-refractivity contribution < 1.29 is 9.26 Å². The van der Waals surface area contributed by atoms with Crippen LogP contribution in [0.4, 0.5) is 11.6 Å². The van der Waals surface area contributed by atoms with Crippen molar-refractivity contribution in [3.05, 3.63) is 24.1 Å². The summed E-state index contributed by atoms with van der Waals surface area (Å²) in [6.45, 7) is 3.49. The van der Waals surface area contributed by atoms with E-state index in [1.54, 1.807) is 6.07 Å². The maximum absolute atomic E-state index is 5.71. The topological polar surface area (TPSA) is 112 Å². The third-order valence-corrected chi connectivity index (χ3v) is 2.28. The highest BCUT2D eigenvalue weighted by atomic mass is 16.5. The van der Waals surface area contributed by atoms with Crippen molar-refractivity contribution >= 4 is 11.6 Å². The molecule has 19 heavy (non-hydrogen) atoms. The van der Waals surface area contributed by atoms with E-state index < -0.39 is 0 Å². The molecule has 0 bridgehead atoms. The lowest BCUT2D eigenvalue weighted by atomic mass is 10.4. The summed E-state index contributed by atoms with van der Waals surface area (Å²) in [6, 6.07) is 1.67. The molecule has 2 heterocycles. The van der Waals surface area contributed by atoms with Crippen molar-refractivity contribution in [2.45, 2.75) is 20.0 Å². The van der Waals surface area contributed by atoms with E-state index in [4.69, 9.17) is 15.0 Å². The lowest BCUT2D eigenvalue weighted by molar-refractivity contribution is 0.128. The number of hydrogen-bond acceptors (Lipinski definition) is 8. The molecule has 0 saturated heterocycles. The zero-order chi connectivity index (χ0) is 13.5. The quantitative estimate of drug-likeness (QED) is 0.749. The lowest BCUT2D eigenvalue weighted by Gasteiger charge is -2.07. The molecule has 0 aliphatic heterocycles. The fourth-order valence-electron chi connectivity index (χ4n) is 1.47. The molecule has 0 amide bonds. The standard InChI is InChI=1S/C11H16N6O2/c1-2-18-6-10-16-8(12)5-9(17-10)13-4-3-11-14-7-15-19-11/h5,7H,2-4,6H2,1H3,(H3,12,13,16,17). The number of rotatable bonds is 7. The van der Waals surface area contributed by atoms with Gasteiger partial charge in [0, 0.05) is 25.6 Å². The molecule has 0 spiro atoms. The van der Waals surface area contributed by atoms with Gasteiger partial charge in [-0.1, -0.05) is 5.16 Å². The van der Waals surface area contributed by atoms with Gasteiger partial charge in [0.05, 0.1) is 0 Å². The molecule has 2 aromatic heterocycles. The Labute approximate surface area is 110 Å². The van der Waals surface area contributed by atoms with Crippen LogP contribution in [-0.2, 0) is 17.8 Å². The van der Waals surface area contributed by atoms with Crippen LogP contribution in [0.1, 0.15) is 18.6 Å². The van der Waals surface area contributed by atoms with E-state index in [9.17, 15) is 0 Å². The zero-order valence-electron chi connectivity index (χ0n) is 10.7. The summed E-state index contributed by atoms with van der Waals surface area (Å²) in [4.78, 5) is 12.3. The Hall–Kier alpha value is -2.22. The van der Waals surface area contributed by atoms with Crippen molar-refractivity contribution in [1.82, 2.24) is 20.1 Å². The van der Waals surface area contributed by atoms with Crippen LogP contribution in [0.25, 0.3) is 0 Å². The van der Waals surface area contributed by atoms with Crippen molar-refractivity contribution in [3.8, 4) is 0 Å². The van der Waals surface area contributed by atoms with Crippen molar-refractivity contribution in [3.63, 3.8) is 0 Å². The van der Waals surface area contributed by atoms with Gasteiger partial charge in [-0.05, 0) is 6.92 Å². The second-order valence-corrected chi connectivity index (χ2v) is 3.74. The third kappa shape index (κ3) is 4.18. The number of nitrogens with one attached hydrogen (secondary N) is 1. The van der Waals surface area contributed by atoms with Gasteiger partial charge in [-0.2, -0.15) is 4.98 Å². The molecule has 0 fully saturated rings. The molecule has 0 aliphatic carbocycles. The van der Waals surface area contributed by atoms with E-state index in [1.165, 1.54) is 6.33 Å². The second-order valence-electron chi connectivity index (χ2n) is 3.74. The summed E-state index contributed by atoms with van der Waals surface area (Å²) in [6.07, 6.45) is 1.99. The Morgan fingerprint density at radius 3 is 3.05 bits per heavy atom. The molecular weight excluding hydrogens is 248 g/mol. The fourth-order valence-corrected chi connectivity index (χ4v) is 1.47. The minimum absolute atomic E-state index is 0.347. The van der Waals surface area contributed by atoms with Crippen LogP contribution in [0, 0.1) is 0 Å². The molecule has 0 atom stereocenters. The molecule has 102 valence electrons. The van der Waals surface area contributed by atoms with Gasteiger partial charge in [0.2, 0.25) is 5.89 Å². The summed E-state index contributed by atoms with van der Waals surface area (Å²) in [5.41, 5.74) is 5.71. The zero-order valence-corrected chi connectivity index (χ0v) is 10.7. The summed E-state index contributed by atoms with van der Waals surface area (Å²) >= 11 is 0. The van der Waals surface area contributed by atoms with E-state index in [2.05, 4.69) is 25.4 Å². The molecule has 0 aliphatic rings. The highest BCUT2D eigenvalue weighted by molar-refractivity contribution is 5.44. The minimum Gasteiger partial charge on any atom is -0.384 e. The van der Waals surface area contributed by atoms with Gasteiger partial charge in [0.1, 0.15) is 18.2 Å². The van der Waals surface area contributed by atoms with E-state index >= 15 is 0 Å². The summed E-state index contributed by atoms with van der Waals surface area (Å²) in [5, 5.41) is 6.66. The van der Waals surface area contributed by atoms with Gasteiger partial charge in [0.15, 0.2) is 12.2 Å². The van der Waals surface area contributed by atoms with E-state index in [-0.39, 0.29) is 0 Å². The number of nitrogens with two attached hydrogens (primary N) is 1. The van der Waals surface area contributed by atoms with Gasteiger partial charge in [-0.25, -0.2) is 9.97 Å². The maximum atomic E-state index is 5.71. The Kier molecular flexibility index (Phi) is 4.62. The van der Waals surface area contributed by atoms with Gasteiger partial charge in [-0.3, -0.25) is 0 Å². The first kappa shape index (κ1) is 13.2. The van der Waals surface area contributed by atoms with Crippen LogP contribution in [-0.4, -0.2) is 33.3 Å². The largest absolute Gasteiger partial charge is 0.384 e. The molecule has 0 aromatic carbocycles. The van der Waals surface area contributed by atoms with Gasteiger partial charge >= 0.3 is 0 Å². The Bertz CT molecular complexity index is 502. The number of nitrogens with zero attached hydrogens (tertiary/aromatic N) is 4. The molecule has 0 unspecified atom stereocenters. The smallest absolute Gasteiger partial charge is 0.228 e. The number of aromatic nitrogens is 4. The fraction of sp³-hybridized carbons (Fsp3) is 0.455. The first-order valence-electron chi connectivity index (χ1n) is 5.98. The summed E-state index contributed by atoms with van der Waals surface area (Å²) in [5.74, 6) is 2.19. The number of nitrogen functional groups attached to an aromatic ring is 1. The van der Waals surface area contributed by atoms with Gasteiger partial charge in [0.25, 0.3) is 0 Å². The van der Waals surface area contributed by atoms with Crippen molar-refractivity contribution in [2.24, 2.45) is 0 Å². The molecular formula is C11H16N6O2. The van der Waals surface area contributed by atoms with Crippen LogP contribution in [0.5, 0.6) is 0 Å². The monoisotopic (exact) mass is 264 g/mol. The predicted octanol–water partition coefficient (Wildman–Crippen LogP) is 0.633. The Balaban J connectivity index is 1.90. The van der Waals surface area contributed by atoms with E-state index in [0.29, 0.717) is 49.5 Å². The molecule has 8 nitrogen and oxygen atoms in total. The van der Waals surface area contributed by atoms with E-state index in [0.717, 1.165) is 0 Å². The van der Waals surface area contributed by atoms with Crippen LogP contribution in [0.3, 0.4) is 0 Å². The van der Waals surface area contributed by atoms with Crippen molar-refractivity contribution in [1.29, 1.82) is 0 Å². The second kappa shape index (κ2) is 6.64. The average Bonchev–Trinajstić information content (AvgIpc) is 2.89. The molecule has 0 saturated carbocycles. The van der Waals surface area contributed by atoms with Crippen LogP contribution in [0.2, 0.25) is 0 Å². The molecule has 2 rings (SSSR count). The Morgan fingerprint density at radius 2 is 2.32 bits per heavy atom. The predicted molar refractivity (Wildman–Crippen MR) is 68.3 cm³/mol. The number of ether oxygens (including phenoxy) is 1. The maximum Gasteiger partial charge on any atom is 0.228 e. The highest BCUT2D eigenvalue weighted by Gasteiger charge is 2.04. The van der Waals surface area contributed by atoms with Gasteiger partial charge < -0.3 is 20.3 Å². The summed E-state index contributed by atoms with van der Waals surface area (Å²) < 4.78 is 10.1. The normalized spacial score (nSPS) is 10.6. The van der Waals surface area contributed by atoms with Crippen LogP contribution >= 0.6 is 0 Å².